The van der Waals surface area contributed by atoms with Crippen LogP contribution in [0, 0.1) is 6.92 Å². The number of carbonyl (C=O) groups is 1. The van der Waals surface area contributed by atoms with Crippen LogP contribution in [0.2, 0.25) is 0 Å². The summed E-state index contributed by atoms with van der Waals surface area (Å²) >= 11 is 0. The first kappa shape index (κ1) is 23.5. The number of nitrogens with zero attached hydrogens (tertiary/aromatic N) is 1. The summed E-state index contributed by atoms with van der Waals surface area (Å²) in [5.74, 6) is 1.64. The van der Waals surface area contributed by atoms with Gasteiger partial charge in [0.25, 0.3) is 0 Å². The Balaban J connectivity index is 0.000000352. The number of aryl methyl sites for hydroxylation is 2. The number of aliphatic hydroxyl groups excluding tert-OH is 1. The molecule has 1 aliphatic rings. The van der Waals surface area contributed by atoms with Crippen molar-refractivity contribution in [3.05, 3.63) is 95.6 Å². The molecule has 1 saturated heterocycles. The molecule has 1 heterocycles. The smallest absolute Gasteiger partial charge is 0.222 e. The van der Waals surface area contributed by atoms with E-state index in [1.54, 1.807) is 0 Å². The number of amides is 1. The summed E-state index contributed by atoms with van der Waals surface area (Å²) in [6.07, 6.45) is 1.13. The standard InChI is InChI=1S/C20H24N2O3.C7H8/c23-15-16-4-3-6-18(14-16)25-19-7-2-1-5-17(19)8-9-20(24)22-12-10-21-11-13-22;1-7-5-3-2-4-6-7/h1-7,14,21,23H,8-13,15H2;2-6H,1H3. The topological polar surface area (TPSA) is 61.8 Å². The second-order valence-corrected chi connectivity index (χ2v) is 7.80. The molecule has 1 aliphatic heterocycles. The van der Waals surface area contributed by atoms with Crippen molar-refractivity contribution in [3.8, 4) is 11.5 Å². The van der Waals surface area contributed by atoms with Gasteiger partial charge in [-0.15, -0.1) is 0 Å². The van der Waals surface area contributed by atoms with E-state index in [-0.39, 0.29) is 12.5 Å². The van der Waals surface area contributed by atoms with Crippen LogP contribution in [0.15, 0.2) is 78.9 Å². The van der Waals surface area contributed by atoms with E-state index < -0.39 is 0 Å². The van der Waals surface area contributed by atoms with E-state index in [0.717, 1.165) is 43.1 Å². The van der Waals surface area contributed by atoms with Gasteiger partial charge in [-0.25, -0.2) is 0 Å². The molecular formula is C27H32N2O3. The molecule has 5 nitrogen and oxygen atoms in total. The fourth-order valence-corrected chi connectivity index (χ4v) is 3.49. The van der Waals surface area contributed by atoms with Crippen LogP contribution in [-0.4, -0.2) is 42.1 Å². The molecule has 0 aromatic heterocycles. The van der Waals surface area contributed by atoms with Gasteiger partial charge in [-0.05, 0) is 42.7 Å². The Bertz CT molecular complexity index is 969. The fraction of sp³-hybridized carbons (Fsp3) is 0.296. The van der Waals surface area contributed by atoms with Crippen LogP contribution in [0.4, 0.5) is 0 Å². The lowest BCUT2D eigenvalue weighted by atomic mass is 10.1. The molecule has 1 amide bonds. The zero-order valence-corrected chi connectivity index (χ0v) is 18.7. The first-order valence-electron chi connectivity index (χ1n) is 11.1. The molecule has 0 saturated carbocycles. The third-order valence-electron chi connectivity index (χ3n) is 5.30. The number of ether oxygens (including phenoxy) is 1. The summed E-state index contributed by atoms with van der Waals surface area (Å²) in [6, 6.07) is 25.4. The fourth-order valence-electron chi connectivity index (χ4n) is 3.49. The molecule has 0 atom stereocenters. The molecule has 32 heavy (non-hydrogen) atoms. The van der Waals surface area contributed by atoms with Gasteiger partial charge in [0, 0.05) is 32.6 Å². The summed E-state index contributed by atoms with van der Waals surface area (Å²) in [4.78, 5) is 14.3. The van der Waals surface area contributed by atoms with E-state index in [4.69, 9.17) is 4.74 Å². The third-order valence-corrected chi connectivity index (χ3v) is 5.30. The van der Waals surface area contributed by atoms with Gasteiger partial charge in [-0.3, -0.25) is 4.79 Å². The predicted molar refractivity (Wildman–Crippen MR) is 128 cm³/mol. The molecule has 3 aromatic carbocycles. The number of benzene rings is 3. The maximum atomic E-state index is 12.4. The quantitative estimate of drug-likeness (QED) is 0.609. The van der Waals surface area contributed by atoms with Crippen molar-refractivity contribution in [2.24, 2.45) is 0 Å². The van der Waals surface area contributed by atoms with Crippen LogP contribution in [0.3, 0.4) is 0 Å². The van der Waals surface area contributed by atoms with Crippen molar-refractivity contribution < 1.29 is 14.6 Å². The molecule has 168 valence electrons. The number of piperazine rings is 1. The summed E-state index contributed by atoms with van der Waals surface area (Å²) in [6.45, 7) is 5.37. The average molecular weight is 433 g/mol. The van der Waals surface area contributed by atoms with Gasteiger partial charge in [-0.1, -0.05) is 66.2 Å². The number of para-hydroxylation sites is 1. The van der Waals surface area contributed by atoms with Crippen LogP contribution >= 0.6 is 0 Å². The molecule has 0 spiro atoms. The minimum atomic E-state index is -0.0158. The lowest BCUT2D eigenvalue weighted by molar-refractivity contribution is -0.131. The number of hydrogen-bond donors (Lipinski definition) is 2. The first-order chi connectivity index (χ1) is 15.7. The molecular weight excluding hydrogens is 400 g/mol. The number of aliphatic hydroxyl groups is 1. The summed E-state index contributed by atoms with van der Waals surface area (Å²) < 4.78 is 5.98. The molecule has 0 bridgehead atoms. The van der Waals surface area contributed by atoms with Crippen LogP contribution in [0.5, 0.6) is 11.5 Å². The van der Waals surface area contributed by atoms with E-state index in [1.807, 2.05) is 71.6 Å². The van der Waals surface area contributed by atoms with Crippen molar-refractivity contribution in [3.63, 3.8) is 0 Å². The Morgan fingerprint density at radius 3 is 2.38 bits per heavy atom. The SMILES string of the molecule is Cc1ccccc1.O=C(CCc1ccccc1Oc1cccc(CO)c1)N1CCNCC1. The number of rotatable bonds is 6. The van der Waals surface area contributed by atoms with Gasteiger partial charge in [0.15, 0.2) is 0 Å². The van der Waals surface area contributed by atoms with Crippen molar-refractivity contribution in [1.82, 2.24) is 10.2 Å². The van der Waals surface area contributed by atoms with Crippen LogP contribution in [0.1, 0.15) is 23.1 Å². The van der Waals surface area contributed by atoms with Gasteiger partial charge in [-0.2, -0.15) is 0 Å². The molecule has 1 fully saturated rings. The largest absolute Gasteiger partial charge is 0.457 e. The Morgan fingerprint density at radius 1 is 0.969 bits per heavy atom. The molecule has 0 radical (unpaired) electrons. The highest BCUT2D eigenvalue weighted by molar-refractivity contribution is 5.76. The number of carbonyl (C=O) groups excluding carboxylic acids is 1. The average Bonchev–Trinajstić information content (AvgIpc) is 2.85. The number of hydrogen-bond acceptors (Lipinski definition) is 4. The van der Waals surface area contributed by atoms with Gasteiger partial charge >= 0.3 is 0 Å². The van der Waals surface area contributed by atoms with E-state index >= 15 is 0 Å². The predicted octanol–water partition coefficient (Wildman–Crippen LogP) is 4.33. The van der Waals surface area contributed by atoms with E-state index in [0.29, 0.717) is 18.6 Å². The first-order valence-corrected chi connectivity index (χ1v) is 11.1. The molecule has 0 unspecified atom stereocenters. The lowest BCUT2D eigenvalue weighted by Gasteiger charge is -2.27. The highest BCUT2D eigenvalue weighted by atomic mass is 16.5. The Labute approximate surface area is 190 Å². The third kappa shape index (κ3) is 7.52. The summed E-state index contributed by atoms with van der Waals surface area (Å²) in [5, 5.41) is 12.5. The van der Waals surface area contributed by atoms with Gasteiger partial charge < -0.3 is 20.1 Å². The van der Waals surface area contributed by atoms with Crippen molar-refractivity contribution >= 4 is 5.91 Å². The second-order valence-electron chi connectivity index (χ2n) is 7.80. The monoisotopic (exact) mass is 432 g/mol. The molecule has 2 N–H and O–H groups in total. The van der Waals surface area contributed by atoms with Gasteiger partial charge in [0.1, 0.15) is 11.5 Å². The summed E-state index contributed by atoms with van der Waals surface area (Å²) in [5.41, 5.74) is 3.15. The minimum Gasteiger partial charge on any atom is -0.457 e. The van der Waals surface area contributed by atoms with Gasteiger partial charge in [0.05, 0.1) is 6.61 Å². The number of nitrogens with one attached hydrogen (secondary N) is 1. The Hall–Kier alpha value is -3.15. The van der Waals surface area contributed by atoms with Crippen molar-refractivity contribution in [1.29, 1.82) is 0 Å². The molecule has 3 aromatic rings. The Kier molecular flexibility index (Phi) is 9.29. The van der Waals surface area contributed by atoms with Crippen molar-refractivity contribution in [2.75, 3.05) is 26.2 Å². The van der Waals surface area contributed by atoms with Crippen molar-refractivity contribution in [2.45, 2.75) is 26.4 Å². The zero-order valence-electron chi connectivity index (χ0n) is 18.7. The summed E-state index contributed by atoms with van der Waals surface area (Å²) in [7, 11) is 0. The molecule has 5 heteroatoms. The highest BCUT2D eigenvalue weighted by Gasteiger charge is 2.16. The maximum absolute atomic E-state index is 12.4. The van der Waals surface area contributed by atoms with E-state index in [9.17, 15) is 9.90 Å². The maximum Gasteiger partial charge on any atom is 0.222 e. The van der Waals surface area contributed by atoms with Crippen LogP contribution in [-0.2, 0) is 17.8 Å². The lowest BCUT2D eigenvalue weighted by Crippen LogP contribution is -2.46. The van der Waals surface area contributed by atoms with E-state index in [1.165, 1.54) is 5.56 Å². The zero-order chi connectivity index (χ0) is 22.6. The van der Waals surface area contributed by atoms with E-state index in [2.05, 4.69) is 24.4 Å². The molecule has 0 aliphatic carbocycles. The van der Waals surface area contributed by atoms with Crippen LogP contribution in [0.25, 0.3) is 0 Å². The van der Waals surface area contributed by atoms with Gasteiger partial charge in [0.2, 0.25) is 5.91 Å². The Morgan fingerprint density at radius 2 is 1.69 bits per heavy atom. The normalized spacial score (nSPS) is 13.1. The minimum absolute atomic E-state index is 0.0158. The molecule has 4 rings (SSSR count). The second kappa shape index (κ2) is 12.6. The highest BCUT2D eigenvalue weighted by Crippen LogP contribution is 2.27. The van der Waals surface area contributed by atoms with Crippen LogP contribution < -0.4 is 10.1 Å².